The first-order valence-corrected chi connectivity index (χ1v) is 8.82. The van der Waals surface area contributed by atoms with E-state index < -0.39 is 20.0 Å². The highest BCUT2D eigenvalue weighted by atomic mass is 32.2. The van der Waals surface area contributed by atoms with Crippen molar-refractivity contribution in [3.63, 3.8) is 0 Å². The summed E-state index contributed by atoms with van der Waals surface area (Å²) in [6.45, 7) is 0. The molecule has 2 rings (SSSR count). The highest BCUT2D eigenvalue weighted by Crippen LogP contribution is 2.12. The molecule has 0 aliphatic rings. The van der Waals surface area contributed by atoms with Gasteiger partial charge in [-0.1, -0.05) is 24.3 Å². The van der Waals surface area contributed by atoms with Gasteiger partial charge in [0.2, 0.25) is 20.0 Å². The Balaban J connectivity index is 0.000000191. The minimum absolute atomic E-state index is 0.148. The molecule has 0 unspecified atom stereocenters. The van der Waals surface area contributed by atoms with Gasteiger partial charge < -0.3 is 0 Å². The minimum Gasteiger partial charge on any atom is -0.225 e. The van der Waals surface area contributed by atoms with E-state index in [1.54, 1.807) is 29.6 Å². The van der Waals surface area contributed by atoms with Crippen molar-refractivity contribution in [3.8, 4) is 0 Å². The van der Waals surface area contributed by atoms with Gasteiger partial charge in [-0.15, -0.1) is 11.3 Å². The van der Waals surface area contributed by atoms with Crippen LogP contribution >= 0.6 is 11.3 Å². The summed E-state index contributed by atoms with van der Waals surface area (Å²) < 4.78 is 42.4. The van der Waals surface area contributed by atoms with E-state index in [9.17, 15) is 16.8 Å². The zero-order valence-corrected chi connectivity index (χ0v) is 12.1. The standard InChI is InChI=1S/C6H7NO2S.C4H5NO2S2/c7-10(8,9)6-4-2-1-3-5-6;5-9(6,7)4-2-1-3-8-4/h1-5H,(H2,7,8,9);1-3H,(H2,5,6,7). The number of benzene rings is 1. The van der Waals surface area contributed by atoms with Crippen molar-refractivity contribution >= 4 is 31.4 Å². The first-order chi connectivity index (χ1) is 8.71. The van der Waals surface area contributed by atoms with Crippen molar-refractivity contribution in [2.45, 2.75) is 9.10 Å². The normalized spacial score (nSPS) is 11.5. The Morgan fingerprint density at radius 2 is 1.37 bits per heavy atom. The molecule has 1 aromatic carbocycles. The van der Waals surface area contributed by atoms with Crippen molar-refractivity contribution < 1.29 is 16.8 Å². The Bertz CT molecular complexity index is 707. The lowest BCUT2D eigenvalue weighted by molar-refractivity contribution is 0.596. The number of hydrogen-bond acceptors (Lipinski definition) is 5. The van der Waals surface area contributed by atoms with Gasteiger partial charge in [-0.05, 0) is 23.6 Å². The molecular formula is C10H12N2O4S3. The molecule has 2 aromatic rings. The Labute approximate surface area is 115 Å². The molecule has 0 bridgehead atoms. The van der Waals surface area contributed by atoms with Gasteiger partial charge in [0.15, 0.2) is 0 Å². The van der Waals surface area contributed by atoms with Gasteiger partial charge >= 0.3 is 0 Å². The first-order valence-electron chi connectivity index (χ1n) is 4.85. The van der Waals surface area contributed by atoms with Crippen LogP contribution in [0.3, 0.4) is 0 Å². The molecule has 4 N–H and O–H groups in total. The third-order valence-electron chi connectivity index (χ3n) is 1.85. The van der Waals surface area contributed by atoms with E-state index in [-0.39, 0.29) is 9.10 Å². The Hall–Kier alpha value is -1.26. The van der Waals surface area contributed by atoms with Crippen LogP contribution in [0.5, 0.6) is 0 Å². The number of hydrogen-bond donors (Lipinski definition) is 2. The average Bonchev–Trinajstić information content (AvgIpc) is 2.83. The smallest absolute Gasteiger partial charge is 0.225 e. The molecule has 104 valence electrons. The van der Waals surface area contributed by atoms with Gasteiger partial charge in [-0.3, -0.25) is 0 Å². The molecule has 0 saturated carbocycles. The van der Waals surface area contributed by atoms with E-state index in [0.717, 1.165) is 11.3 Å². The van der Waals surface area contributed by atoms with Crippen LogP contribution in [0.4, 0.5) is 0 Å². The Morgan fingerprint density at radius 3 is 1.63 bits per heavy atom. The maximum atomic E-state index is 10.6. The molecule has 0 aliphatic heterocycles. The summed E-state index contributed by atoms with van der Waals surface area (Å²) in [5.74, 6) is 0. The van der Waals surface area contributed by atoms with Gasteiger partial charge in [0.1, 0.15) is 4.21 Å². The zero-order chi connectivity index (χ0) is 14.5. The van der Waals surface area contributed by atoms with Crippen molar-refractivity contribution in [1.29, 1.82) is 0 Å². The largest absolute Gasteiger partial charge is 0.247 e. The lowest BCUT2D eigenvalue weighted by Crippen LogP contribution is -2.11. The van der Waals surface area contributed by atoms with Crippen LogP contribution in [-0.2, 0) is 20.0 Å². The second kappa shape index (κ2) is 6.26. The fourth-order valence-corrected chi connectivity index (χ4v) is 2.99. The lowest BCUT2D eigenvalue weighted by atomic mass is 10.4. The van der Waals surface area contributed by atoms with Crippen molar-refractivity contribution in [2.75, 3.05) is 0 Å². The fraction of sp³-hybridized carbons (Fsp3) is 0. The molecule has 9 heteroatoms. The molecule has 0 spiro atoms. The molecule has 0 atom stereocenters. The number of sulfonamides is 2. The molecule has 19 heavy (non-hydrogen) atoms. The van der Waals surface area contributed by atoms with Crippen LogP contribution in [0.1, 0.15) is 0 Å². The average molecular weight is 320 g/mol. The number of thiophene rings is 1. The molecule has 0 aliphatic carbocycles. The predicted octanol–water partition coefficient (Wildman–Crippen LogP) is 0.729. The second-order valence-corrected chi connectivity index (χ2v) is 7.63. The second-order valence-electron chi connectivity index (χ2n) is 3.34. The Kier molecular flexibility index (Phi) is 5.20. The van der Waals surface area contributed by atoms with Gasteiger partial charge in [-0.2, -0.15) is 0 Å². The monoisotopic (exact) mass is 320 g/mol. The van der Waals surface area contributed by atoms with Gasteiger partial charge in [0.05, 0.1) is 4.90 Å². The molecule has 0 saturated heterocycles. The molecule has 0 fully saturated rings. The fourth-order valence-electron chi connectivity index (χ4n) is 1.04. The molecule has 1 aromatic heterocycles. The van der Waals surface area contributed by atoms with E-state index in [1.807, 2.05) is 0 Å². The summed E-state index contributed by atoms with van der Waals surface area (Å²) in [6.07, 6.45) is 0. The van der Waals surface area contributed by atoms with Crippen molar-refractivity contribution in [3.05, 3.63) is 47.8 Å². The van der Waals surface area contributed by atoms with Crippen LogP contribution in [0.15, 0.2) is 56.9 Å². The summed E-state index contributed by atoms with van der Waals surface area (Å²) in [5, 5.41) is 11.3. The van der Waals surface area contributed by atoms with Crippen LogP contribution in [0.2, 0.25) is 0 Å². The van der Waals surface area contributed by atoms with Crippen LogP contribution in [-0.4, -0.2) is 16.8 Å². The first kappa shape index (κ1) is 15.8. The van der Waals surface area contributed by atoms with E-state index in [1.165, 1.54) is 18.2 Å². The van der Waals surface area contributed by atoms with Crippen molar-refractivity contribution in [1.82, 2.24) is 0 Å². The van der Waals surface area contributed by atoms with E-state index in [2.05, 4.69) is 0 Å². The third kappa shape index (κ3) is 5.49. The summed E-state index contributed by atoms with van der Waals surface area (Å²) >= 11 is 1.12. The molecule has 0 amide bonds. The maximum Gasteiger partial charge on any atom is 0.247 e. The summed E-state index contributed by atoms with van der Waals surface area (Å²) in [5.41, 5.74) is 0. The summed E-state index contributed by atoms with van der Waals surface area (Å²) in [7, 11) is -6.94. The lowest BCUT2D eigenvalue weighted by Gasteiger charge is -1.93. The zero-order valence-electron chi connectivity index (χ0n) is 9.63. The third-order valence-corrected chi connectivity index (χ3v) is 5.12. The molecule has 6 nitrogen and oxygen atoms in total. The van der Waals surface area contributed by atoms with Gasteiger partial charge in [0, 0.05) is 0 Å². The molecule has 1 heterocycles. The van der Waals surface area contributed by atoms with Crippen LogP contribution in [0.25, 0.3) is 0 Å². The quantitative estimate of drug-likeness (QED) is 0.847. The highest BCUT2D eigenvalue weighted by Gasteiger charge is 2.06. The predicted molar refractivity (Wildman–Crippen MR) is 73.5 cm³/mol. The number of primary sulfonamides is 2. The summed E-state index contributed by atoms with van der Waals surface area (Å²) in [4.78, 5) is 0.148. The Morgan fingerprint density at radius 1 is 0.789 bits per heavy atom. The van der Waals surface area contributed by atoms with Crippen molar-refractivity contribution in [2.24, 2.45) is 10.3 Å². The SMILES string of the molecule is NS(=O)(=O)c1ccccc1.NS(=O)(=O)c1cccs1. The van der Waals surface area contributed by atoms with Crippen LogP contribution in [0, 0.1) is 0 Å². The highest BCUT2D eigenvalue weighted by molar-refractivity contribution is 7.91. The van der Waals surface area contributed by atoms with E-state index in [4.69, 9.17) is 10.3 Å². The van der Waals surface area contributed by atoms with Gasteiger partial charge in [0.25, 0.3) is 0 Å². The summed E-state index contributed by atoms with van der Waals surface area (Å²) in [6, 6.07) is 11.0. The van der Waals surface area contributed by atoms with Crippen LogP contribution < -0.4 is 10.3 Å². The topological polar surface area (TPSA) is 120 Å². The molecular weight excluding hydrogens is 308 g/mol. The minimum atomic E-state index is -3.50. The number of rotatable bonds is 2. The number of nitrogens with two attached hydrogens (primary N) is 2. The van der Waals surface area contributed by atoms with E-state index in [0.29, 0.717) is 0 Å². The molecule has 0 radical (unpaired) electrons. The van der Waals surface area contributed by atoms with E-state index >= 15 is 0 Å². The van der Waals surface area contributed by atoms with Gasteiger partial charge in [-0.25, -0.2) is 27.1 Å². The maximum absolute atomic E-state index is 10.6.